The zero-order chi connectivity index (χ0) is 13.5. The SMILES string of the molecule is CCCCCCCCCC/C=C/NC(=O)NCO. The van der Waals surface area contributed by atoms with Gasteiger partial charge in [-0.15, -0.1) is 0 Å². The Labute approximate surface area is 111 Å². The van der Waals surface area contributed by atoms with Gasteiger partial charge in [-0.2, -0.15) is 0 Å². The normalized spacial score (nSPS) is 10.8. The number of allylic oxidation sites excluding steroid dienone is 1. The van der Waals surface area contributed by atoms with Crippen LogP contribution in [0.2, 0.25) is 0 Å². The van der Waals surface area contributed by atoms with E-state index < -0.39 is 0 Å². The van der Waals surface area contributed by atoms with Crippen molar-refractivity contribution in [1.29, 1.82) is 0 Å². The van der Waals surface area contributed by atoms with E-state index in [0.29, 0.717) is 0 Å². The van der Waals surface area contributed by atoms with Crippen molar-refractivity contribution < 1.29 is 9.90 Å². The third kappa shape index (κ3) is 13.0. The fourth-order valence-corrected chi connectivity index (χ4v) is 1.74. The van der Waals surface area contributed by atoms with Crippen molar-refractivity contribution in [3.8, 4) is 0 Å². The van der Waals surface area contributed by atoms with Gasteiger partial charge in [-0.1, -0.05) is 57.9 Å². The van der Waals surface area contributed by atoms with Crippen molar-refractivity contribution in [2.45, 2.75) is 64.7 Å². The molecule has 4 nitrogen and oxygen atoms in total. The Hall–Kier alpha value is -1.03. The number of carbonyl (C=O) groups is 1. The molecule has 0 radical (unpaired) electrons. The summed E-state index contributed by atoms with van der Waals surface area (Å²) in [5.74, 6) is 0. The van der Waals surface area contributed by atoms with E-state index in [2.05, 4.69) is 17.6 Å². The first-order chi connectivity index (χ1) is 8.81. The van der Waals surface area contributed by atoms with Crippen molar-refractivity contribution in [2.75, 3.05) is 6.73 Å². The van der Waals surface area contributed by atoms with Crippen LogP contribution in [0.3, 0.4) is 0 Å². The van der Waals surface area contributed by atoms with Crippen molar-refractivity contribution in [1.82, 2.24) is 10.6 Å². The first-order valence-corrected chi connectivity index (χ1v) is 7.11. The molecule has 0 aliphatic heterocycles. The molecular weight excluding hydrogens is 228 g/mol. The van der Waals surface area contributed by atoms with Gasteiger partial charge < -0.3 is 15.7 Å². The van der Waals surface area contributed by atoms with Crippen LogP contribution in [-0.4, -0.2) is 17.9 Å². The summed E-state index contributed by atoms with van der Waals surface area (Å²) in [5.41, 5.74) is 0. The topological polar surface area (TPSA) is 61.4 Å². The number of hydrogen-bond donors (Lipinski definition) is 3. The third-order valence-corrected chi connectivity index (χ3v) is 2.80. The lowest BCUT2D eigenvalue weighted by Gasteiger charge is -2.00. The Bertz CT molecular complexity index is 218. The van der Waals surface area contributed by atoms with E-state index in [-0.39, 0.29) is 12.8 Å². The van der Waals surface area contributed by atoms with Crippen LogP contribution in [0, 0.1) is 0 Å². The molecule has 0 heterocycles. The highest BCUT2D eigenvalue weighted by Crippen LogP contribution is 2.09. The lowest BCUT2D eigenvalue weighted by molar-refractivity contribution is 0.220. The summed E-state index contributed by atoms with van der Waals surface area (Å²) >= 11 is 0. The van der Waals surface area contributed by atoms with Crippen LogP contribution in [-0.2, 0) is 0 Å². The minimum atomic E-state index is -0.371. The molecule has 0 aromatic carbocycles. The van der Waals surface area contributed by atoms with Crippen LogP contribution < -0.4 is 10.6 Å². The largest absolute Gasteiger partial charge is 0.376 e. The van der Waals surface area contributed by atoms with Gasteiger partial charge >= 0.3 is 6.03 Å². The van der Waals surface area contributed by atoms with Gasteiger partial charge in [0.15, 0.2) is 0 Å². The fourth-order valence-electron chi connectivity index (χ4n) is 1.74. The van der Waals surface area contributed by atoms with Crippen LogP contribution >= 0.6 is 0 Å². The molecule has 0 saturated heterocycles. The van der Waals surface area contributed by atoms with E-state index in [1.165, 1.54) is 51.4 Å². The Balaban J connectivity index is 3.15. The second-order valence-corrected chi connectivity index (χ2v) is 4.47. The molecule has 18 heavy (non-hydrogen) atoms. The first-order valence-electron chi connectivity index (χ1n) is 7.11. The second kappa shape index (κ2) is 14.0. The van der Waals surface area contributed by atoms with Gasteiger partial charge in [0.1, 0.15) is 6.73 Å². The van der Waals surface area contributed by atoms with Gasteiger partial charge in [-0.3, -0.25) is 0 Å². The number of aliphatic hydroxyl groups is 1. The Morgan fingerprint density at radius 1 is 1.06 bits per heavy atom. The summed E-state index contributed by atoms with van der Waals surface area (Å²) in [6.45, 7) is 1.90. The molecule has 0 saturated carbocycles. The summed E-state index contributed by atoms with van der Waals surface area (Å²) in [4.78, 5) is 10.9. The summed E-state index contributed by atoms with van der Waals surface area (Å²) < 4.78 is 0. The van der Waals surface area contributed by atoms with Gasteiger partial charge in [0.25, 0.3) is 0 Å². The van der Waals surface area contributed by atoms with E-state index in [0.717, 1.165) is 6.42 Å². The molecule has 0 aliphatic rings. The average Bonchev–Trinajstić information content (AvgIpc) is 2.36. The molecule has 4 heteroatoms. The van der Waals surface area contributed by atoms with Gasteiger partial charge in [-0.25, -0.2) is 4.79 Å². The number of carbonyl (C=O) groups excluding carboxylic acids is 1. The van der Waals surface area contributed by atoms with E-state index >= 15 is 0 Å². The Kier molecular flexibility index (Phi) is 13.2. The number of nitrogens with one attached hydrogen (secondary N) is 2. The summed E-state index contributed by atoms with van der Waals surface area (Å²) in [6.07, 6.45) is 15.1. The maximum atomic E-state index is 10.9. The van der Waals surface area contributed by atoms with Gasteiger partial charge in [0, 0.05) is 6.20 Å². The van der Waals surface area contributed by atoms with E-state index in [1.807, 2.05) is 6.08 Å². The summed E-state index contributed by atoms with van der Waals surface area (Å²) in [6, 6.07) is -0.371. The van der Waals surface area contributed by atoms with E-state index in [4.69, 9.17) is 5.11 Å². The molecule has 0 rings (SSSR count). The molecule has 0 unspecified atom stereocenters. The van der Waals surface area contributed by atoms with Gasteiger partial charge in [0.2, 0.25) is 0 Å². The van der Waals surface area contributed by atoms with Crippen molar-refractivity contribution in [2.24, 2.45) is 0 Å². The molecule has 106 valence electrons. The Morgan fingerprint density at radius 2 is 1.67 bits per heavy atom. The lowest BCUT2D eigenvalue weighted by Crippen LogP contribution is -2.32. The van der Waals surface area contributed by atoms with Crippen LogP contribution in [0.1, 0.15) is 64.7 Å². The number of aliphatic hydroxyl groups excluding tert-OH is 1. The highest BCUT2D eigenvalue weighted by Gasteiger charge is 1.92. The van der Waals surface area contributed by atoms with Crippen molar-refractivity contribution in [3.05, 3.63) is 12.3 Å². The second-order valence-electron chi connectivity index (χ2n) is 4.47. The fraction of sp³-hybridized carbons (Fsp3) is 0.786. The maximum Gasteiger partial charge on any atom is 0.320 e. The molecule has 0 bridgehead atoms. The molecule has 0 atom stereocenters. The number of unbranched alkanes of at least 4 members (excludes halogenated alkanes) is 8. The Morgan fingerprint density at radius 3 is 2.28 bits per heavy atom. The molecule has 0 aromatic rings. The molecule has 0 aliphatic carbocycles. The molecule has 3 N–H and O–H groups in total. The molecule has 2 amide bonds. The number of rotatable bonds is 11. The lowest BCUT2D eigenvalue weighted by atomic mass is 10.1. The first kappa shape index (κ1) is 17.0. The third-order valence-electron chi connectivity index (χ3n) is 2.80. The maximum absolute atomic E-state index is 10.9. The average molecular weight is 256 g/mol. The van der Waals surface area contributed by atoms with Crippen molar-refractivity contribution >= 4 is 6.03 Å². The minimum Gasteiger partial charge on any atom is -0.376 e. The monoisotopic (exact) mass is 256 g/mol. The molecule has 0 aromatic heterocycles. The summed E-state index contributed by atoms with van der Waals surface area (Å²) in [5, 5.41) is 13.2. The van der Waals surface area contributed by atoms with Crippen LogP contribution in [0.5, 0.6) is 0 Å². The number of amides is 2. The standard InChI is InChI=1S/C14H28N2O2/c1-2-3-4-5-6-7-8-9-10-11-12-15-14(18)16-13-17/h11-12,17H,2-10,13H2,1H3,(H2,15,16,18)/b12-11+. The number of urea groups is 1. The smallest absolute Gasteiger partial charge is 0.320 e. The van der Waals surface area contributed by atoms with Crippen LogP contribution in [0.25, 0.3) is 0 Å². The zero-order valence-electron chi connectivity index (χ0n) is 11.6. The predicted octanol–water partition coefficient (Wildman–Crippen LogP) is 3.28. The highest BCUT2D eigenvalue weighted by atomic mass is 16.3. The number of hydrogen-bond acceptors (Lipinski definition) is 2. The van der Waals surface area contributed by atoms with E-state index in [1.54, 1.807) is 6.20 Å². The predicted molar refractivity (Wildman–Crippen MR) is 75.1 cm³/mol. The molecular formula is C14H28N2O2. The van der Waals surface area contributed by atoms with E-state index in [9.17, 15) is 4.79 Å². The molecule has 0 fully saturated rings. The van der Waals surface area contributed by atoms with Crippen LogP contribution in [0.15, 0.2) is 12.3 Å². The summed E-state index contributed by atoms with van der Waals surface area (Å²) in [7, 11) is 0. The highest BCUT2D eigenvalue weighted by molar-refractivity contribution is 5.74. The van der Waals surface area contributed by atoms with Gasteiger partial charge in [0.05, 0.1) is 0 Å². The minimum absolute atomic E-state index is 0.336. The molecule has 0 spiro atoms. The van der Waals surface area contributed by atoms with Crippen molar-refractivity contribution in [3.63, 3.8) is 0 Å². The van der Waals surface area contributed by atoms with Gasteiger partial charge in [-0.05, 0) is 12.8 Å². The van der Waals surface area contributed by atoms with Crippen LogP contribution in [0.4, 0.5) is 4.79 Å². The quantitative estimate of drug-likeness (QED) is 0.392. The zero-order valence-corrected chi connectivity index (χ0v) is 11.6.